The summed E-state index contributed by atoms with van der Waals surface area (Å²) in [5.41, 5.74) is 4.33. The number of nitrogens with zero attached hydrogens (tertiary/aromatic N) is 2. The molecule has 4 aromatic rings. The van der Waals surface area contributed by atoms with Gasteiger partial charge in [0.25, 0.3) is 20.0 Å². The summed E-state index contributed by atoms with van der Waals surface area (Å²) >= 11 is 0. The largest absolute Gasteiger partial charge is 0.416 e. The zero-order chi connectivity index (χ0) is 33.7. The molecule has 0 saturated heterocycles. The Kier molecular flexibility index (Phi) is 9.77. The summed E-state index contributed by atoms with van der Waals surface area (Å²) in [5, 5.41) is 0. The van der Waals surface area contributed by atoms with Gasteiger partial charge in [-0.2, -0.15) is 13.2 Å². The summed E-state index contributed by atoms with van der Waals surface area (Å²) in [5.74, 6) is 0. The van der Waals surface area contributed by atoms with Gasteiger partial charge in [0.15, 0.2) is 0 Å². The normalized spacial score (nSPS) is 14.6. The van der Waals surface area contributed by atoms with E-state index in [0.717, 1.165) is 23.3 Å². The minimum absolute atomic E-state index is 0.00886. The van der Waals surface area contributed by atoms with E-state index >= 15 is 0 Å². The molecule has 0 amide bonds. The number of alkyl halides is 3. The van der Waals surface area contributed by atoms with E-state index in [-0.39, 0.29) is 9.79 Å². The van der Waals surface area contributed by atoms with E-state index in [9.17, 15) is 30.0 Å². The molecule has 2 aromatic carbocycles. The molecule has 0 spiro atoms. The van der Waals surface area contributed by atoms with E-state index < -0.39 is 31.8 Å². The van der Waals surface area contributed by atoms with Crippen LogP contribution in [-0.4, -0.2) is 26.8 Å². The van der Waals surface area contributed by atoms with Gasteiger partial charge >= 0.3 is 6.18 Å². The number of hydrogen-bond donors (Lipinski definition) is 2. The van der Waals surface area contributed by atoms with Gasteiger partial charge in [0.1, 0.15) is 9.79 Å². The number of sulfonamides is 2. The Labute approximate surface area is 271 Å². The number of aryl methyl sites for hydroxylation is 1. The number of allylic oxidation sites excluding steroid dienone is 6. The van der Waals surface area contributed by atoms with Crippen LogP contribution in [0, 0.1) is 6.92 Å². The van der Waals surface area contributed by atoms with Crippen molar-refractivity contribution in [2.75, 3.05) is 0 Å². The van der Waals surface area contributed by atoms with Crippen LogP contribution < -0.4 is 9.44 Å². The van der Waals surface area contributed by atoms with E-state index in [2.05, 4.69) is 19.4 Å². The Bertz CT molecular complexity index is 2080. The minimum Gasteiger partial charge on any atom is -0.279 e. The fourth-order valence-electron chi connectivity index (χ4n) is 4.76. The van der Waals surface area contributed by atoms with Crippen molar-refractivity contribution >= 4 is 31.2 Å². The number of nitrogens with one attached hydrogen (secondary N) is 2. The predicted octanol–water partition coefficient (Wildman–Crippen LogP) is 6.79. The van der Waals surface area contributed by atoms with Crippen molar-refractivity contribution in [3.8, 4) is 0 Å². The highest BCUT2D eigenvalue weighted by molar-refractivity contribution is 7.90. The molecular weight excluding hydrogens is 650 g/mol. The van der Waals surface area contributed by atoms with Crippen LogP contribution in [0.25, 0.3) is 11.1 Å². The quantitative estimate of drug-likeness (QED) is 0.212. The molecule has 2 aromatic heterocycles. The predicted molar refractivity (Wildman–Crippen MR) is 173 cm³/mol. The Morgan fingerprint density at radius 1 is 0.617 bits per heavy atom. The van der Waals surface area contributed by atoms with Crippen LogP contribution in [0.5, 0.6) is 0 Å². The van der Waals surface area contributed by atoms with Crippen LogP contribution in [0.15, 0.2) is 143 Å². The third-order valence-corrected chi connectivity index (χ3v) is 9.83. The first kappa shape index (κ1) is 33.4. The maximum atomic E-state index is 12.7. The maximum Gasteiger partial charge on any atom is 0.416 e. The number of pyridine rings is 2. The lowest BCUT2D eigenvalue weighted by molar-refractivity contribution is -0.137. The SMILES string of the molecule is Cc1ccc(C2=CCC=C2NS(=O)(=O)c2cccnc2)cc1.O=S(=O)(NC1=CCC=C1c1ccc(C(F)(F)F)cc1)c1cccnc1. The molecule has 2 N–H and O–H groups in total. The first-order chi connectivity index (χ1) is 22.3. The van der Waals surface area contributed by atoms with Gasteiger partial charge in [0.2, 0.25) is 0 Å². The van der Waals surface area contributed by atoms with Gasteiger partial charge < -0.3 is 0 Å². The summed E-state index contributed by atoms with van der Waals surface area (Å²) < 4.78 is 92.7. The number of benzene rings is 2. The second kappa shape index (κ2) is 13.8. The molecule has 2 aliphatic carbocycles. The molecular formula is C34H29F3N4O4S2. The van der Waals surface area contributed by atoms with E-state index in [0.29, 0.717) is 35.4 Å². The summed E-state index contributed by atoms with van der Waals surface area (Å²) in [4.78, 5) is 7.80. The molecule has 0 saturated carbocycles. The van der Waals surface area contributed by atoms with Crippen molar-refractivity contribution < 1.29 is 30.0 Å². The lowest BCUT2D eigenvalue weighted by Gasteiger charge is -2.13. The van der Waals surface area contributed by atoms with Gasteiger partial charge in [0, 0.05) is 35.9 Å². The Morgan fingerprint density at radius 3 is 1.43 bits per heavy atom. The average molecular weight is 679 g/mol. The number of hydrogen-bond acceptors (Lipinski definition) is 6. The summed E-state index contributed by atoms with van der Waals surface area (Å²) in [6.07, 6.45) is 9.68. The third-order valence-electron chi connectivity index (χ3n) is 7.13. The van der Waals surface area contributed by atoms with E-state index in [4.69, 9.17) is 0 Å². The van der Waals surface area contributed by atoms with Crippen molar-refractivity contribution in [1.29, 1.82) is 0 Å². The number of halogens is 3. The monoisotopic (exact) mass is 678 g/mol. The smallest absolute Gasteiger partial charge is 0.279 e. The average Bonchev–Trinajstić information content (AvgIpc) is 3.71. The van der Waals surface area contributed by atoms with E-state index in [1.807, 2.05) is 43.3 Å². The molecule has 0 bridgehead atoms. The van der Waals surface area contributed by atoms with Crippen LogP contribution in [-0.2, 0) is 26.2 Å². The van der Waals surface area contributed by atoms with Crippen LogP contribution in [0.1, 0.15) is 35.1 Å². The highest BCUT2D eigenvalue weighted by Gasteiger charge is 2.30. The maximum absolute atomic E-state index is 12.7. The van der Waals surface area contributed by atoms with Gasteiger partial charge in [-0.1, -0.05) is 66.3 Å². The molecule has 242 valence electrons. The van der Waals surface area contributed by atoms with Crippen molar-refractivity contribution in [3.05, 3.63) is 156 Å². The first-order valence-corrected chi connectivity index (χ1v) is 17.2. The van der Waals surface area contributed by atoms with E-state index in [1.165, 1.54) is 54.5 Å². The molecule has 6 rings (SSSR count). The topological polar surface area (TPSA) is 118 Å². The lowest BCUT2D eigenvalue weighted by Crippen LogP contribution is -2.23. The zero-order valence-corrected chi connectivity index (χ0v) is 26.6. The van der Waals surface area contributed by atoms with E-state index in [1.54, 1.807) is 24.4 Å². The van der Waals surface area contributed by atoms with Crippen LogP contribution in [0.4, 0.5) is 13.2 Å². The molecule has 0 radical (unpaired) electrons. The molecule has 0 fully saturated rings. The summed E-state index contributed by atoms with van der Waals surface area (Å²) in [6, 6.07) is 18.7. The van der Waals surface area contributed by atoms with Crippen molar-refractivity contribution in [1.82, 2.24) is 19.4 Å². The molecule has 8 nitrogen and oxygen atoms in total. The second-order valence-corrected chi connectivity index (χ2v) is 13.8. The molecule has 2 aliphatic rings. The minimum atomic E-state index is -4.41. The third kappa shape index (κ3) is 8.23. The Hall–Kier alpha value is -5.01. The molecule has 0 unspecified atom stereocenters. The van der Waals surface area contributed by atoms with Crippen LogP contribution in [0.2, 0.25) is 0 Å². The highest BCUT2D eigenvalue weighted by Crippen LogP contribution is 2.33. The standard InChI is InChI=1S/C17H13F3N2O2S.C17H16N2O2S/c18-17(19,20)13-8-6-12(7-9-13)15-4-1-5-16(15)22-25(23,24)14-3-2-10-21-11-14;1-13-7-9-14(10-8-13)16-5-2-6-17(16)19-22(20,21)15-4-3-11-18-12-15/h2-11,22H,1H2;3-12,19H,2H2,1H3. The number of rotatable bonds is 8. The van der Waals surface area contributed by atoms with Gasteiger partial charge in [0.05, 0.1) is 17.0 Å². The molecule has 0 atom stereocenters. The first-order valence-electron chi connectivity index (χ1n) is 14.3. The Balaban J connectivity index is 0.000000186. The van der Waals surface area contributed by atoms with Crippen molar-refractivity contribution in [2.45, 2.75) is 35.7 Å². The van der Waals surface area contributed by atoms with Crippen LogP contribution >= 0.6 is 0 Å². The van der Waals surface area contributed by atoms with Crippen LogP contribution in [0.3, 0.4) is 0 Å². The van der Waals surface area contributed by atoms with Gasteiger partial charge in [-0.3, -0.25) is 19.4 Å². The van der Waals surface area contributed by atoms with Gasteiger partial charge in [-0.15, -0.1) is 0 Å². The number of aromatic nitrogens is 2. The fraction of sp³-hybridized carbons (Fsp3) is 0.118. The highest BCUT2D eigenvalue weighted by atomic mass is 32.2. The van der Waals surface area contributed by atoms with Gasteiger partial charge in [-0.25, -0.2) is 16.8 Å². The lowest BCUT2D eigenvalue weighted by atomic mass is 10.0. The summed E-state index contributed by atoms with van der Waals surface area (Å²) in [7, 11) is -7.43. The molecule has 13 heteroatoms. The zero-order valence-electron chi connectivity index (χ0n) is 24.9. The van der Waals surface area contributed by atoms with Crippen molar-refractivity contribution in [2.24, 2.45) is 0 Å². The summed E-state index contributed by atoms with van der Waals surface area (Å²) in [6.45, 7) is 2.02. The molecule has 47 heavy (non-hydrogen) atoms. The molecule has 2 heterocycles. The van der Waals surface area contributed by atoms with Crippen molar-refractivity contribution in [3.63, 3.8) is 0 Å². The molecule has 0 aliphatic heterocycles. The fourth-order valence-corrected chi connectivity index (χ4v) is 6.88. The second-order valence-electron chi connectivity index (χ2n) is 10.5. The van der Waals surface area contributed by atoms with Gasteiger partial charge in [-0.05, 0) is 67.3 Å². The Morgan fingerprint density at radius 2 is 1.04 bits per heavy atom.